The number of nitrogens with zero attached hydrogens (tertiary/aromatic N) is 2. The molecule has 0 unspecified atom stereocenters. The molecule has 0 bridgehead atoms. The van der Waals surface area contributed by atoms with Crippen molar-refractivity contribution >= 4 is 45.3 Å². The average Bonchev–Trinajstić information content (AvgIpc) is 2.93. The predicted molar refractivity (Wildman–Crippen MR) is 117 cm³/mol. The van der Waals surface area contributed by atoms with E-state index in [0.717, 1.165) is 22.2 Å². The average molecular weight is 431 g/mol. The van der Waals surface area contributed by atoms with Gasteiger partial charge in [-0.3, -0.25) is 19.5 Å². The fraction of sp³-hybridized carbons (Fsp3) is 0.300. The number of thiophene rings is 1. The lowest BCUT2D eigenvalue weighted by molar-refractivity contribution is -0.120. The number of aryl methyl sites for hydroxylation is 2. The van der Waals surface area contributed by atoms with Gasteiger partial charge in [0.2, 0.25) is 5.91 Å². The summed E-state index contributed by atoms with van der Waals surface area (Å²) in [7, 11) is 0. The van der Waals surface area contributed by atoms with Crippen LogP contribution in [0.2, 0.25) is 0 Å². The Morgan fingerprint density at radius 2 is 1.86 bits per heavy atom. The van der Waals surface area contributed by atoms with Crippen molar-refractivity contribution in [1.29, 1.82) is 0 Å². The number of carbonyl (C=O) groups is 2. The molecule has 9 heteroatoms. The first-order valence-corrected chi connectivity index (χ1v) is 10.8. The third kappa shape index (κ3) is 4.20. The number of nitrogens with two attached hydrogens (primary N) is 1. The van der Waals surface area contributed by atoms with Crippen LogP contribution in [0.4, 0.5) is 4.79 Å². The molecule has 0 saturated carbocycles. The summed E-state index contributed by atoms with van der Waals surface area (Å²) in [5.74, 6) is -0.632. The van der Waals surface area contributed by atoms with Gasteiger partial charge >= 0.3 is 6.03 Å². The number of nitrogens with one attached hydrogen (secondary N) is 1. The molecule has 0 aliphatic rings. The number of carbonyl (C=O) groups excluding carboxylic acids is 2. The number of hydrogen-bond donors (Lipinski definition) is 2. The summed E-state index contributed by atoms with van der Waals surface area (Å²) >= 11 is 2.60. The summed E-state index contributed by atoms with van der Waals surface area (Å²) in [6.45, 7) is 7.59. The van der Waals surface area contributed by atoms with Gasteiger partial charge in [-0.2, -0.15) is 0 Å². The SMILES string of the molecule is Cc1sc2nc(S[C@H](C(=O)NC(N)=O)C(C)C)n(-c3ccccc3)c(=O)c2c1C. The maximum atomic E-state index is 13.4. The van der Waals surface area contributed by atoms with Crippen LogP contribution in [0.3, 0.4) is 0 Å². The molecule has 0 aliphatic carbocycles. The lowest BCUT2D eigenvalue weighted by Crippen LogP contribution is -2.42. The number of rotatable bonds is 5. The first-order chi connectivity index (χ1) is 13.7. The maximum Gasteiger partial charge on any atom is 0.318 e. The number of para-hydroxylation sites is 1. The van der Waals surface area contributed by atoms with E-state index >= 15 is 0 Å². The highest BCUT2D eigenvalue weighted by Gasteiger charge is 2.28. The number of urea groups is 1. The number of hydrogen-bond acceptors (Lipinski definition) is 6. The number of thioether (sulfide) groups is 1. The zero-order valence-corrected chi connectivity index (χ0v) is 18.2. The van der Waals surface area contributed by atoms with Crippen LogP contribution in [0, 0.1) is 19.8 Å². The van der Waals surface area contributed by atoms with Gasteiger partial charge in [-0.25, -0.2) is 9.78 Å². The Morgan fingerprint density at radius 3 is 2.45 bits per heavy atom. The van der Waals surface area contributed by atoms with E-state index in [0.29, 0.717) is 21.1 Å². The minimum atomic E-state index is -0.908. The van der Waals surface area contributed by atoms with Gasteiger partial charge in [-0.05, 0) is 37.5 Å². The van der Waals surface area contributed by atoms with E-state index in [1.807, 2.05) is 58.0 Å². The maximum absolute atomic E-state index is 13.4. The normalized spacial score (nSPS) is 12.3. The highest BCUT2D eigenvalue weighted by atomic mass is 32.2. The van der Waals surface area contributed by atoms with Crippen LogP contribution in [0.1, 0.15) is 24.3 Å². The minimum absolute atomic E-state index is 0.122. The monoisotopic (exact) mass is 430 g/mol. The van der Waals surface area contributed by atoms with Crippen molar-refractivity contribution < 1.29 is 9.59 Å². The van der Waals surface area contributed by atoms with Crippen molar-refractivity contribution in [2.45, 2.75) is 38.1 Å². The van der Waals surface area contributed by atoms with Crippen LogP contribution in [-0.4, -0.2) is 26.7 Å². The number of fused-ring (bicyclic) bond motifs is 1. The minimum Gasteiger partial charge on any atom is -0.351 e. The quantitative estimate of drug-likeness (QED) is 0.477. The molecule has 152 valence electrons. The van der Waals surface area contributed by atoms with Crippen LogP contribution in [0.15, 0.2) is 40.3 Å². The molecule has 0 spiro atoms. The van der Waals surface area contributed by atoms with Crippen molar-refractivity contribution in [3.8, 4) is 5.69 Å². The molecule has 0 radical (unpaired) electrons. The molecule has 0 aliphatic heterocycles. The van der Waals surface area contributed by atoms with Crippen molar-refractivity contribution in [1.82, 2.24) is 14.9 Å². The Kier molecular flexibility index (Phi) is 6.09. The van der Waals surface area contributed by atoms with Crippen LogP contribution >= 0.6 is 23.1 Å². The van der Waals surface area contributed by atoms with Gasteiger partial charge in [0.05, 0.1) is 16.3 Å². The van der Waals surface area contributed by atoms with E-state index in [1.54, 1.807) is 0 Å². The fourth-order valence-electron chi connectivity index (χ4n) is 2.96. The van der Waals surface area contributed by atoms with Gasteiger partial charge < -0.3 is 5.73 Å². The van der Waals surface area contributed by atoms with Gasteiger partial charge in [0.15, 0.2) is 5.16 Å². The second-order valence-corrected chi connectivity index (χ2v) is 9.28. The lowest BCUT2D eigenvalue weighted by atomic mass is 10.1. The predicted octanol–water partition coefficient (Wildman–Crippen LogP) is 3.38. The van der Waals surface area contributed by atoms with Crippen molar-refractivity contribution in [2.24, 2.45) is 11.7 Å². The first-order valence-electron chi connectivity index (χ1n) is 9.05. The van der Waals surface area contributed by atoms with Crippen molar-refractivity contribution in [2.75, 3.05) is 0 Å². The third-order valence-corrected chi connectivity index (χ3v) is 7.13. The van der Waals surface area contributed by atoms with Crippen molar-refractivity contribution in [3.05, 3.63) is 51.1 Å². The summed E-state index contributed by atoms with van der Waals surface area (Å²) < 4.78 is 1.53. The summed E-state index contributed by atoms with van der Waals surface area (Å²) in [4.78, 5) is 43.5. The molecular formula is C20H22N4O3S2. The fourth-order valence-corrected chi connectivity index (χ4v) is 5.14. The molecule has 3 amide bonds. The summed E-state index contributed by atoms with van der Waals surface area (Å²) in [6, 6.07) is 8.28. The molecule has 0 fully saturated rings. The molecule has 0 saturated heterocycles. The summed E-state index contributed by atoms with van der Waals surface area (Å²) in [6.07, 6.45) is 0. The van der Waals surface area contributed by atoms with Crippen LogP contribution < -0.4 is 16.6 Å². The van der Waals surface area contributed by atoms with E-state index in [-0.39, 0.29) is 11.5 Å². The number of amides is 3. The smallest absolute Gasteiger partial charge is 0.318 e. The van der Waals surface area contributed by atoms with E-state index < -0.39 is 17.2 Å². The number of imide groups is 1. The highest BCUT2D eigenvalue weighted by molar-refractivity contribution is 8.00. The number of primary amides is 1. The van der Waals surface area contributed by atoms with Crippen LogP contribution in [0.25, 0.3) is 15.9 Å². The van der Waals surface area contributed by atoms with Crippen LogP contribution in [0.5, 0.6) is 0 Å². The second-order valence-electron chi connectivity index (χ2n) is 6.97. The molecule has 29 heavy (non-hydrogen) atoms. The van der Waals surface area contributed by atoms with E-state index in [2.05, 4.69) is 5.32 Å². The lowest BCUT2D eigenvalue weighted by Gasteiger charge is -2.20. The van der Waals surface area contributed by atoms with Gasteiger partial charge in [0, 0.05) is 4.88 Å². The number of aromatic nitrogens is 2. The Hall–Kier alpha value is -2.65. The van der Waals surface area contributed by atoms with E-state index in [1.165, 1.54) is 15.9 Å². The molecule has 7 nitrogen and oxygen atoms in total. The zero-order chi connectivity index (χ0) is 21.3. The number of benzene rings is 1. The molecule has 3 aromatic rings. The van der Waals surface area contributed by atoms with Gasteiger partial charge in [-0.1, -0.05) is 43.8 Å². The molecule has 2 aromatic heterocycles. The van der Waals surface area contributed by atoms with Crippen molar-refractivity contribution in [3.63, 3.8) is 0 Å². The second kappa shape index (κ2) is 8.38. The molecule has 1 atom stereocenters. The molecule has 3 rings (SSSR count). The van der Waals surface area contributed by atoms with Crippen LogP contribution in [-0.2, 0) is 4.79 Å². The van der Waals surface area contributed by atoms with Gasteiger partial charge in [0.1, 0.15) is 4.83 Å². The van der Waals surface area contributed by atoms with E-state index in [4.69, 9.17) is 10.7 Å². The Bertz CT molecular complexity index is 1140. The standard InChI is InChI=1S/C20H22N4O3S2/c1-10(2)15(16(25)22-19(21)27)29-20-23-17-14(11(3)12(4)28-17)18(26)24(20)13-8-6-5-7-9-13/h5-10,15H,1-4H3,(H3,21,22,25,27)/t15-/m0/s1. The topological polar surface area (TPSA) is 107 Å². The third-order valence-electron chi connectivity index (χ3n) is 4.53. The summed E-state index contributed by atoms with van der Waals surface area (Å²) in [5, 5.41) is 2.47. The van der Waals surface area contributed by atoms with Gasteiger partial charge in [-0.15, -0.1) is 11.3 Å². The summed E-state index contributed by atoms with van der Waals surface area (Å²) in [5.41, 5.74) is 6.51. The Balaban J connectivity index is 2.21. The molecule has 1 aromatic carbocycles. The molecular weight excluding hydrogens is 408 g/mol. The first kappa shape index (κ1) is 21.1. The Morgan fingerprint density at radius 1 is 1.21 bits per heavy atom. The highest BCUT2D eigenvalue weighted by Crippen LogP contribution is 2.32. The molecule has 2 heterocycles. The largest absolute Gasteiger partial charge is 0.351 e. The van der Waals surface area contributed by atoms with E-state index in [9.17, 15) is 14.4 Å². The van der Waals surface area contributed by atoms with Gasteiger partial charge in [0.25, 0.3) is 5.56 Å². The Labute approximate surface area is 176 Å². The molecule has 3 N–H and O–H groups in total. The zero-order valence-electron chi connectivity index (χ0n) is 16.6.